The van der Waals surface area contributed by atoms with Gasteiger partial charge < -0.3 is 5.32 Å². The van der Waals surface area contributed by atoms with E-state index in [1.807, 2.05) is 6.92 Å². The summed E-state index contributed by atoms with van der Waals surface area (Å²) in [6.07, 6.45) is 2.66. The highest BCUT2D eigenvalue weighted by Gasteiger charge is 2.11. The van der Waals surface area contributed by atoms with Crippen LogP contribution in [0.1, 0.15) is 13.3 Å². The average molecular weight is 156 g/mol. The number of carbonyl (C=O) groups excluding carboxylic acids is 1. The molecular formula is C7H12N2O2. The van der Waals surface area contributed by atoms with Gasteiger partial charge in [-0.3, -0.25) is 15.1 Å². The Morgan fingerprint density at radius 1 is 1.91 bits per heavy atom. The van der Waals surface area contributed by atoms with Gasteiger partial charge in [-0.05, 0) is 12.5 Å². The standard InChI is InChI=1S/C7H12N2O2/c1-2-4-8-7(10)6-3-5-11-9-6/h3,9H,2,4-5H2,1H3,(H,8,10). The lowest BCUT2D eigenvalue weighted by Gasteiger charge is -2.03. The Labute approximate surface area is 65.6 Å². The van der Waals surface area contributed by atoms with Crippen LogP contribution in [0.4, 0.5) is 0 Å². The van der Waals surface area contributed by atoms with Gasteiger partial charge in [-0.25, -0.2) is 0 Å². The third-order valence-electron chi connectivity index (χ3n) is 1.33. The van der Waals surface area contributed by atoms with Crippen molar-refractivity contribution >= 4 is 5.91 Å². The number of hydrogen-bond acceptors (Lipinski definition) is 3. The number of hydrogen-bond donors (Lipinski definition) is 2. The van der Waals surface area contributed by atoms with E-state index >= 15 is 0 Å². The molecule has 0 saturated heterocycles. The highest BCUT2D eigenvalue weighted by Crippen LogP contribution is 1.96. The van der Waals surface area contributed by atoms with Crippen molar-refractivity contribution in [2.24, 2.45) is 0 Å². The summed E-state index contributed by atoms with van der Waals surface area (Å²) < 4.78 is 0. The molecule has 2 N–H and O–H groups in total. The lowest BCUT2D eigenvalue weighted by atomic mass is 10.4. The summed E-state index contributed by atoms with van der Waals surface area (Å²) in [6, 6.07) is 0. The molecule has 11 heavy (non-hydrogen) atoms. The molecule has 0 unspecified atom stereocenters. The molecule has 0 saturated carbocycles. The van der Waals surface area contributed by atoms with Crippen molar-refractivity contribution in [1.82, 2.24) is 10.8 Å². The molecule has 0 radical (unpaired) electrons. The van der Waals surface area contributed by atoms with Crippen molar-refractivity contribution in [2.45, 2.75) is 13.3 Å². The first kappa shape index (κ1) is 8.07. The lowest BCUT2D eigenvalue weighted by molar-refractivity contribution is -0.118. The number of hydroxylamine groups is 1. The van der Waals surface area contributed by atoms with Crippen LogP contribution in [0.5, 0.6) is 0 Å². The Morgan fingerprint density at radius 3 is 3.27 bits per heavy atom. The van der Waals surface area contributed by atoms with E-state index in [0.29, 0.717) is 18.8 Å². The maximum atomic E-state index is 11.1. The molecule has 62 valence electrons. The molecule has 1 amide bonds. The van der Waals surface area contributed by atoms with Gasteiger partial charge >= 0.3 is 0 Å². The van der Waals surface area contributed by atoms with E-state index in [2.05, 4.69) is 10.8 Å². The Balaban J connectivity index is 2.29. The van der Waals surface area contributed by atoms with Gasteiger partial charge in [0, 0.05) is 6.54 Å². The average Bonchev–Trinajstić information content (AvgIpc) is 2.52. The summed E-state index contributed by atoms with van der Waals surface area (Å²) in [5.74, 6) is -0.0932. The molecular weight excluding hydrogens is 144 g/mol. The second-order valence-corrected chi connectivity index (χ2v) is 2.29. The number of amides is 1. The summed E-state index contributed by atoms with van der Waals surface area (Å²) in [5, 5.41) is 2.72. The first-order valence-electron chi connectivity index (χ1n) is 3.70. The predicted octanol–water partition coefficient (Wildman–Crippen LogP) is -0.0687. The largest absolute Gasteiger partial charge is 0.351 e. The summed E-state index contributed by atoms with van der Waals surface area (Å²) in [5.41, 5.74) is 3.03. The Kier molecular flexibility index (Phi) is 2.92. The molecule has 0 atom stereocenters. The van der Waals surface area contributed by atoms with E-state index in [1.165, 1.54) is 0 Å². The molecule has 1 rings (SSSR count). The molecule has 1 aliphatic rings. The van der Waals surface area contributed by atoms with Crippen molar-refractivity contribution in [3.8, 4) is 0 Å². The van der Waals surface area contributed by atoms with E-state index in [0.717, 1.165) is 6.42 Å². The molecule has 0 aromatic carbocycles. The third kappa shape index (κ3) is 2.23. The molecule has 4 nitrogen and oxygen atoms in total. The fourth-order valence-electron chi connectivity index (χ4n) is 0.759. The van der Waals surface area contributed by atoms with E-state index < -0.39 is 0 Å². The van der Waals surface area contributed by atoms with Gasteiger partial charge in [0.25, 0.3) is 5.91 Å². The van der Waals surface area contributed by atoms with Crippen molar-refractivity contribution in [2.75, 3.05) is 13.2 Å². The van der Waals surface area contributed by atoms with E-state index in [1.54, 1.807) is 6.08 Å². The fourth-order valence-corrected chi connectivity index (χ4v) is 0.759. The van der Waals surface area contributed by atoms with Gasteiger partial charge in [0.05, 0.1) is 6.61 Å². The summed E-state index contributed by atoms with van der Waals surface area (Å²) in [7, 11) is 0. The summed E-state index contributed by atoms with van der Waals surface area (Å²) in [4.78, 5) is 15.8. The molecule has 4 heteroatoms. The van der Waals surface area contributed by atoms with Crippen LogP contribution in [0, 0.1) is 0 Å². The highest BCUT2D eigenvalue weighted by molar-refractivity contribution is 5.92. The van der Waals surface area contributed by atoms with Crippen molar-refractivity contribution < 1.29 is 9.63 Å². The van der Waals surface area contributed by atoms with Crippen LogP contribution >= 0.6 is 0 Å². The molecule has 0 spiro atoms. The lowest BCUT2D eigenvalue weighted by Crippen LogP contribution is -2.29. The van der Waals surface area contributed by atoms with Crippen LogP contribution in [0.15, 0.2) is 11.8 Å². The van der Waals surface area contributed by atoms with Crippen molar-refractivity contribution in [3.63, 3.8) is 0 Å². The predicted molar refractivity (Wildman–Crippen MR) is 40.5 cm³/mol. The van der Waals surface area contributed by atoms with E-state index in [4.69, 9.17) is 4.84 Å². The van der Waals surface area contributed by atoms with Gasteiger partial charge in [0.1, 0.15) is 5.70 Å². The van der Waals surface area contributed by atoms with Crippen LogP contribution in [0.2, 0.25) is 0 Å². The third-order valence-corrected chi connectivity index (χ3v) is 1.33. The number of carbonyl (C=O) groups is 1. The van der Waals surface area contributed by atoms with Crippen LogP contribution in [-0.4, -0.2) is 19.1 Å². The minimum atomic E-state index is -0.0932. The fraction of sp³-hybridized carbons (Fsp3) is 0.571. The van der Waals surface area contributed by atoms with Gasteiger partial charge in [0.2, 0.25) is 0 Å². The first-order valence-corrected chi connectivity index (χ1v) is 3.70. The van der Waals surface area contributed by atoms with Gasteiger partial charge in [-0.1, -0.05) is 6.92 Å². The molecule has 1 aliphatic heterocycles. The van der Waals surface area contributed by atoms with Gasteiger partial charge in [-0.2, -0.15) is 0 Å². The summed E-state index contributed by atoms with van der Waals surface area (Å²) >= 11 is 0. The second kappa shape index (κ2) is 3.98. The smallest absolute Gasteiger partial charge is 0.269 e. The Morgan fingerprint density at radius 2 is 2.73 bits per heavy atom. The number of rotatable bonds is 3. The van der Waals surface area contributed by atoms with Crippen molar-refractivity contribution in [1.29, 1.82) is 0 Å². The topological polar surface area (TPSA) is 50.4 Å². The molecule has 0 aromatic rings. The number of nitrogens with one attached hydrogen (secondary N) is 2. The second-order valence-electron chi connectivity index (χ2n) is 2.29. The SMILES string of the molecule is CCCNC(=O)C1=CCON1. The quantitative estimate of drug-likeness (QED) is 0.601. The van der Waals surface area contributed by atoms with Crippen molar-refractivity contribution in [3.05, 3.63) is 11.8 Å². The van der Waals surface area contributed by atoms with Gasteiger partial charge in [-0.15, -0.1) is 0 Å². The molecule has 0 fully saturated rings. The Bertz CT molecular complexity index is 177. The van der Waals surface area contributed by atoms with E-state index in [-0.39, 0.29) is 5.91 Å². The van der Waals surface area contributed by atoms with Crippen LogP contribution < -0.4 is 10.8 Å². The van der Waals surface area contributed by atoms with Crippen LogP contribution in [0.25, 0.3) is 0 Å². The van der Waals surface area contributed by atoms with Crippen LogP contribution in [0.3, 0.4) is 0 Å². The highest BCUT2D eigenvalue weighted by atomic mass is 16.6. The maximum absolute atomic E-state index is 11.1. The Hall–Kier alpha value is -1.03. The van der Waals surface area contributed by atoms with Crippen LogP contribution in [-0.2, 0) is 9.63 Å². The molecule has 1 heterocycles. The minimum Gasteiger partial charge on any atom is -0.351 e. The van der Waals surface area contributed by atoms with Gasteiger partial charge in [0.15, 0.2) is 0 Å². The normalized spacial score (nSPS) is 15.5. The molecule has 0 aliphatic carbocycles. The van der Waals surface area contributed by atoms with E-state index in [9.17, 15) is 4.79 Å². The molecule has 0 bridgehead atoms. The zero-order chi connectivity index (χ0) is 8.10. The minimum absolute atomic E-state index is 0.0932. The first-order chi connectivity index (χ1) is 5.34. The molecule has 0 aromatic heterocycles. The zero-order valence-electron chi connectivity index (χ0n) is 6.52. The summed E-state index contributed by atoms with van der Waals surface area (Å²) in [6.45, 7) is 3.18. The maximum Gasteiger partial charge on any atom is 0.269 e. The monoisotopic (exact) mass is 156 g/mol. The zero-order valence-corrected chi connectivity index (χ0v) is 6.52.